The maximum atomic E-state index is 12.0. The van der Waals surface area contributed by atoms with E-state index in [1.165, 1.54) is 11.3 Å². The van der Waals surface area contributed by atoms with Crippen LogP contribution in [0.25, 0.3) is 0 Å². The Balaban J connectivity index is 2.20. The van der Waals surface area contributed by atoms with Gasteiger partial charge in [0, 0.05) is 30.7 Å². The van der Waals surface area contributed by atoms with Crippen LogP contribution in [0.2, 0.25) is 0 Å². The molecule has 2 aromatic rings. The van der Waals surface area contributed by atoms with Gasteiger partial charge in [-0.1, -0.05) is 6.92 Å². The summed E-state index contributed by atoms with van der Waals surface area (Å²) in [4.78, 5) is 17.0. The number of aryl methyl sites for hydroxylation is 2. The van der Waals surface area contributed by atoms with Crippen LogP contribution in [0.1, 0.15) is 27.9 Å². The molecule has 84 valence electrons. The Kier molecular flexibility index (Phi) is 3.14. The minimum Gasteiger partial charge on any atom is -0.294 e. The molecule has 0 radical (unpaired) electrons. The summed E-state index contributed by atoms with van der Waals surface area (Å²) in [5.41, 5.74) is 3.35. The van der Waals surface area contributed by atoms with Crippen LogP contribution in [-0.2, 0) is 19.9 Å². The lowest BCUT2D eigenvalue weighted by molar-refractivity contribution is 0.0993. The largest absolute Gasteiger partial charge is 0.294 e. The molecule has 5 heteroatoms. The van der Waals surface area contributed by atoms with Crippen molar-refractivity contribution < 1.29 is 4.79 Å². The molecule has 0 fully saturated rings. The zero-order valence-corrected chi connectivity index (χ0v) is 10.1. The van der Waals surface area contributed by atoms with Crippen LogP contribution in [0, 0.1) is 0 Å². The number of hydrogen-bond donors (Lipinski definition) is 0. The second kappa shape index (κ2) is 4.57. The Morgan fingerprint density at radius 3 is 3.00 bits per heavy atom. The monoisotopic (exact) mass is 235 g/mol. The van der Waals surface area contributed by atoms with Gasteiger partial charge in [0.1, 0.15) is 0 Å². The second-order valence-electron chi connectivity index (χ2n) is 3.58. The maximum absolute atomic E-state index is 12.0. The Morgan fingerprint density at radius 2 is 2.38 bits per heavy atom. The zero-order valence-electron chi connectivity index (χ0n) is 9.30. The first-order valence-corrected chi connectivity index (χ1v) is 6.01. The molecule has 2 aromatic heterocycles. The predicted octanol–water partition coefficient (Wildman–Crippen LogP) is 1.86. The van der Waals surface area contributed by atoms with Gasteiger partial charge in [-0.2, -0.15) is 5.10 Å². The summed E-state index contributed by atoms with van der Waals surface area (Å²) in [6, 6.07) is 0. The Labute approximate surface area is 97.9 Å². The number of thiazole rings is 1. The number of ketones is 1. The van der Waals surface area contributed by atoms with Crippen LogP contribution in [0.5, 0.6) is 0 Å². The van der Waals surface area contributed by atoms with E-state index in [1.807, 2.05) is 14.0 Å². The van der Waals surface area contributed by atoms with Crippen molar-refractivity contribution in [3.05, 3.63) is 34.0 Å². The number of carbonyl (C=O) groups excluding carboxylic acids is 1. The molecule has 0 aromatic carbocycles. The lowest BCUT2D eigenvalue weighted by Gasteiger charge is -1.97. The molecular formula is C11H13N3OS. The molecule has 0 unspecified atom stereocenters. The van der Waals surface area contributed by atoms with Gasteiger partial charge in [-0.25, -0.2) is 0 Å². The van der Waals surface area contributed by atoms with Crippen LogP contribution in [0.3, 0.4) is 0 Å². The Hall–Kier alpha value is -1.49. The van der Waals surface area contributed by atoms with Gasteiger partial charge in [-0.15, -0.1) is 11.3 Å². The number of Topliss-reactive ketones (excluding diaryl/α,β-unsaturated/α-hetero) is 1. The molecule has 0 atom stereocenters. The first kappa shape index (κ1) is 11.0. The van der Waals surface area contributed by atoms with Crippen LogP contribution in [0.4, 0.5) is 0 Å². The SMILES string of the molecule is CCc1nn(C)cc1C(=O)Cc1cncs1. The first-order valence-electron chi connectivity index (χ1n) is 5.13. The minimum atomic E-state index is 0.120. The van der Waals surface area contributed by atoms with E-state index in [2.05, 4.69) is 10.1 Å². The standard InChI is InChI=1S/C11H13N3OS/c1-3-10-9(6-14(2)13-10)11(15)4-8-5-12-7-16-8/h5-7H,3-4H2,1-2H3. The normalized spacial score (nSPS) is 10.6. The van der Waals surface area contributed by atoms with Crippen LogP contribution < -0.4 is 0 Å². The third-order valence-electron chi connectivity index (χ3n) is 2.36. The van der Waals surface area contributed by atoms with Gasteiger partial charge in [0.2, 0.25) is 0 Å². The van der Waals surface area contributed by atoms with Gasteiger partial charge in [0.25, 0.3) is 0 Å². The Bertz CT molecular complexity index is 487. The summed E-state index contributed by atoms with van der Waals surface area (Å²) in [7, 11) is 1.84. The van der Waals surface area contributed by atoms with E-state index in [0.717, 1.165) is 22.6 Å². The average molecular weight is 235 g/mol. The fraction of sp³-hybridized carbons (Fsp3) is 0.364. The third kappa shape index (κ3) is 2.19. The molecule has 0 saturated carbocycles. The minimum absolute atomic E-state index is 0.120. The van der Waals surface area contributed by atoms with E-state index in [1.54, 1.807) is 22.6 Å². The van der Waals surface area contributed by atoms with Crippen molar-refractivity contribution in [2.75, 3.05) is 0 Å². The van der Waals surface area contributed by atoms with E-state index in [0.29, 0.717) is 6.42 Å². The fourth-order valence-electron chi connectivity index (χ4n) is 1.61. The van der Waals surface area contributed by atoms with Gasteiger partial charge < -0.3 is 0 Å². The van der Waals surface area contributed by atoms with Crippen molar-refractivity contribution in [1.82, 2.24) is 14.8 Å². The molecule has 0 aliphatic carbocycles. The van der Waals surface area contributed by atoms with Crippen molar-refractivity contribution >= 4 is 17.1 Å². The summed E-state index contributed by atoms with van der Waals surface area (Å²) in [6.45, 7) is 2.01. The van der Waals surface area contributed by atoms with Gasteiger partial charge >= 0.3 is 0 Å². The Morgan fingerprint density at radius 1 is 1.56 bits per heavy atom. The van der Waals surface area contributed by atoms with E-state index in [-0.39, 0.29) is 5.78 Å². The lowest BCUT2D eigenvalue weighted by Crippen LogP contribution is -2.04. The molecule has 0 amide bonds. The molecule has 2 heterocycles. The zero-order chi connectivity index (χ0) is 11.5. The highest BCUT2D eigenvalue weighted by molar-refractivity contribution is 7.09. The molecule has 0 aliphatic heterocycles. The quantitative estimate of drug-likeness (QED) is 0.760. The van der Waals surface area contributed by atoms with Crippen molar-refractivity contribution in [3.8, 4) is 0 Å². The third-order valence-corrected chi connectivity index (χ3v) is 3.14. The summed E-state index contributed by atoms with van der Waals surface area (Å²) in [5, 5.41) is 4.26. The summed E-state index contributed by atoms with van der Waals surface area (Å²) in [6.07, 6.45) is 4.74. The molecule has 0 bridgehead atoms. The molecule has 2 rings (SSSR count). The van der Waals surface area contributed by atoms with Crippen LogP contribution in [-0.4, -0.2) is 20.5 Å². The molecule has 16 heavy (non-hydrogen) atoms. The van der Waals surface area contributed by atoms with E-state index in [4.69, 9.17) is 0 Å². The van der Waals surface area contributed by atoms with E-state index in [9.17, 15) is 4.79 Å². The lowest BCUT2D eigenvalue weighted by atomic mass is 10.1. The topological polar surface area (TPSA) is 47.8 Å². The van der Waals surface area contributed by atoms with Crippen molar-refractivity contribution in [3.63, 3.8) is 0 Å². The molecule has 0 spiro atoms. The number of carbonyl (C=O) groups is 1. The summed E-state index contributed by atoms with van der Waals surface area (Å²) < 4.78 is 1.69. The van der Waals surface area contributed by atoms with Crippen molar-refractivity contribution in [1.29, 1.82) is 0 Å². The van der Waals surface area contributed by atoms with Crippen molar-refractivity contribution in [2.45, 2.75) is 19.8 Å². The highest BCUT2D eigenvalue weighted by atomic mass is 32.1. The van der Waals surface area contributed by atoms with Gasteiger partial charge in [0.15, 0.2) is 5.78 Å². The average Bonchev–Trinajstić information content (AvgIpc) is 2.86. The number of aromatic nitrogens is 3. The summed E-state index contributed by atoms with van der Waals surface area (Å²) >= 11 is 1.51. The summed E-state index contributed by atoms with van der Waals surface area (Å²) in [5.74, 6) is 0.120. The molecule has 0 aliphatic rings. The smallest absolute Gasteiger partial charge is 0.171 e. The molecule has 0 N–H and O–H groups in total. The fourth-order valence-corrected chi connectivity index (χ4v) is 2.20. The van der Waals surface area contributed by atoms with E-state index < -0.39 is 0 Å². The predicted molar refractivity (Wildman–Crippen MR) is 62.7 cm³/mol. The van der Waals surface area contributed by atoms with Crippen LogP contribution >= 0.6 is 11.3 Å². The highest BCUT2D eigenvalue weighted by Crippen LogP contribution is 2.14. The molecule has 4 nitrogen and oxygen atoms in total. The van der Waals surface area contributed by atoms with Gasteiger partial charge in [-0.3, -0.25) is 14.5 Å². The number of rotatable bonds is 4. The van der Waals surface area contributed by atoms with E-state index >= 15 is 0 Å². The number of hydrogen-bond acceptors (Lipinski definition) is 4. The first-order chi connectivity index (χ1) is 7.70. The van der Waals surface area contributed by atoms with Crippen LogP contribution in [0.15, 0.2) is 17.9 Å². The molecule has 0 saturated heterocycles. The maximum Gasteiger partial charge on any atom is 0.171 e. The van der Waals surface area contributed by atoms with Gasteiger partial charge in [-0.05, 0) is 6.42 Å². The number of nitrogens with zero attached hydrogens (tertiary/aromatic N) is 3. The molecular weight excluding hydrogens is 222 g/mol. The second-order valence-corrected chi connectivity index (χ2v) is 4.56. The van der Waals surface area contributed by atoms with Gasteiger partial charge in [0.05, 0.1) is 16.8 Å². The van der Waals surface area contributed by atoms with Crippen molar-refractivity contribution in [2.24, 2.45) is 7.05 Å². The highest BCUT2D eigenvalue weighted by Gasteiger charge is 2.15.